The highest BCUT2D eigenvalue weighted by molar-refractivity contribution is 4.97. The van der Waals surface area contributed by atoms with Gasteiger partial charge >= 0.3 is 0 Å². The second-order valence-corrected chi connectivity index (χ2v) is 1.45. The Bertz CT molecular complexity index is 148. The molecule has 0 aliphatic rings. The van der Waals surface area contributed by atoms with E-state index in [0.717, 1.165) is 12.1 Å². The number of nitrogens with zero attached hydrogens (tertiary/aromatic N) is 2. The van der Waals surface area contributed by atoms with Crippen molar-refractivity contribution < 1.29 is 0 Å². The summed E-state index contributed by atoms with van der Waals surface area (Å²) in [6, 6.07) is 1.85. The van der Waals surface area contributed by atoms with Gasteiger partial charge in [0.1, 0.15) is 6.33 Å². The summed E-state index contributed by atoms with van der Waals surface area (Å²) in [6.07, 6.45) is 3.98. The first-order chi connectivity index (χ1) is 3.93. The molecule has 1 heterocycles. The molecule has 0 N–H and O–H groups in total. The highest BCUT2D eigenvalue weighted by atomic mass is 14.8. The summed E-state index contributed by atoms with van der Waals surface area (Å²) in [5.74, 6) is 0. The lowest BCUT2D eigenvalue weighted by molar-refractivity contribution is 1.05. The number of hydrogen-bond donors (Lipinski definition) is 0. The molecule has 41 valence electrons. The molecule has 1 aromatic heterocycles. The van der Waals surface area contributed by atoms with Gasteiger partial charge in [-0.15, -0.1) is 0 Å². The first-order valence-corrected chi connectivity index (χ1v) is 2.47. The molecule has 1 radical (unpaired) electrons. The highest BCUT2D eigenvalue weighted by Crippen LogP contribution is 1.88. The maximum atomic E-state index is 3.92. The van der Waals surface area contributed by atoms with Crippen molar-refractivity contribution in [2.45, 2.75) is 6.42 Å². The molecule has 0 aromatic carbocycles. The Kier molecular flexibility index (Phi) is 1.57. The van der Waals surface area contributed by atoms with Gasteiger partial charge in [-0.1, -0.05) is 0 Å². The fraction of sp³-hybridized carbons (Fsp3) is 0.167. The van der Waals surface area contributed by atoms with Crippen LogP contribution in [-0.4, -0.2) is 9.97 Å². The zero-order valence-corrected chi connectivity index (χ0v) is 4.54. The molecule has 1 aromatic rings. The second kappa shape index (κ2) is 2.40. The van der Waals surface area contributed by atoms with Gasteiger partial charge in [-0.2, -0.15) is 0 Å². The van der Waals surface area contributed by atoms with Crippen LogP contribution in [0.4, 0.5) is 0 Å². The molecule has 0 amide bonds. The Morgan fingerprint density at radius 3 is 2.88 bits per heavy atom. The zero-order valence-electron chi connectivity index (χ0n) is 4.54. The molecule has 0 saturated carbocycles. The topological polar surface area (TPSA) is 25.8 Å². The summed E-state index contributed by atoms with van der Waals surface area (Å²) in [6.45, 7) is 3.67. The fourth-order valence-electron chi connectivity index (χ4n) is 0.466. The third-order valence-corrected chi connectivity index (χ3v) is 0.899. The van der Waals surface area contributed by atoms with Crippen LogP contribution < -0.4 is 0 Å². The SMILES string of the molecule is [CH2]Cc1ccncn1. The molecule has 0 aliphatic carbocycles. The lowest BCUT2D eigenvalue weighted by Gasteiger charge is -1.87. The van der Waals surface area contributed by atoms with Crippen LogP contribution in [-0.2, 0) is 6.42 Å². The van der Waals surface area contributed by atoms with Crippen LogP contribution >= 0.6 is 0 Å². The van der Waals surface area contributed by atoms with Crippen LogP contribution in [0.3, 0.4) is 0 Å². The molecule has 0 unspecified atom stereocenters. The monoisotopic (exact) mass is 107 g/mol. The van der Waals surface area contributed by atoms with Gasteiger partial charge in [-0.25, -0.2) is 9.97 Å². The number of rotatable bonds is 1. The van der Waals surface area contributed by atoms with E-state index in [2.05, 4.69) is 16.9 Å². The highest BCUT2D eigenvalue weighted by Gasteiger charge is 1.82. The lowest BCUT2D eigenvalue weighted by atomic mass is 10.3. The maximum absolute atomic E-state index is 3.92. The van der Waals surface area contributed by atoms with E-state index in [4.69, 9.17) is 0 Å². The van der Waals surface area contributed by atoms with Crippen LogP contribution in [0, 0.1) is 6.92 Å². The van der Waals surface area contributed by atoms with Crippen molar-refractivity contribution in [3.05, 3.63) is 31.2 Å². The van der Waals surface area contributed by atoms with Crippen LogP contribution in [0.2, 0.25) is 0 Å². The quantitative estimate of drug-likeness (QED) is 0.531. The second-order valence-electron chi connectivity index (χ2n) is 1.45. The Morgan fingerprint density at radius 2 is 2.50 bits per heavy atom. The predicted octanol–water partition coefficient (Wildman–Crippen LogP) is 0.853. The van der Waals surface area contributed by atoms with Gasteiger partial charge in [0.25, 0.3) is 0 Å². The van der Waals surface area contributed by atoms with Crippen molar-refractivity contribution in [1.29, 1.82) is 0 Å². The van der Waals surface area contributed by atoms with Gasteiger partial charge in [0.2, 0.25) is 0 Å². The van der Waals surface area contributed by atoms with Crippen molar-refractivity contribution in [1.82, 2.24) is 9.97 Å². The van der Waals surface area contributed by atoms with Crippen molar-refractivity contribution in [3.8, 4) is 0 Å². The zero-order chi connectivity index (χ0) is 5.82. The van der Waals surface area contributed by atoms with Crippen LogP contribution in [0.15, 0.2) is 18.6 Å². The van der Waals surface area contributed by atoms with E-state index >= 15 is 0 Å². The van der Waals surface area contributed by atoms with Crippen LogP contribution in [0.25, 0.3) is 0 Å². The normalized spacial score (nSPS) is 9.12. The molecule has 0 bridgehead atoms. The Labute approximate surface area is 48.6 Å². The summed E-state index contributed by atoms with van der Waals surface area (Å²) in [4.78, 5) is 7.68. The summed E-state index contributed by atoms with van der Waals surface area (Å²) >= 11 is 0. The van der Waals surface area contributed by atoms with Gasteiger partial charge in [0.15, 0.2) is 0 Å². The van der Waals surface area contributed by atoms with Gasteiger partial charge in [-0.3, -0.25) is 0 Å². The lowest BCUT2D eigenvalue weighted by Crippen LogP contribution is -1.84. The Hall–Kier alpha value is -0.920. The summed E-state index contributed by atoms with van der Waals surface area (Å²) in [5.41, 5.74) is 0.986. The molecule has 0 fully saturated rings. The van der Waals surface area contributed by atoms with Crippen molar-refractivity contribution in [3.63, 3.8) is 0 Å². The van der Waals surface area contributed by atoms with E-state index in [9.17, 15) is 0 Å². The Balaban J connectivity index is 2.83. The molecule has 0 saturated heterocycles. The van der Waals surface area contributed by atoms with Crippen molar-refractivity contribution >= 4 is 0 Å². The summed E-state index contributed by atoms with van der Waals surface area (Å²) in [7, 11) is 0. The fourth-order valence-corrected chi connectivity index (χ4v) is 0.466. The largest absolute Gasteiger partial charge is 0.245 e. The number of hydrogen-bond acceptors (Lipinski definition) is 2. The van der Waals surface area contributed by atoms with E-state index in [1.807, 2.05) is 6.07 Å². The first kappa shape index (κ1) is 5.22. The molecule has 0 aliphatic heterocycles. The minimum atomic E-state index is 0.739. The van der Waals surface area contributed by atoms with Crippen molar-refractivity contribution in [2.24, 2.45) is 0 Å². The summed E-state index contributed by atoms with van der Waals surface area (Å²) < 4.78 is 0. The van der Waals surface area contributed by atoms with E-state index in [1.165, 1.54) is 6.33 Å². The molecular weight excluding hydrogens is 100 g/mol. The first-order valence-electron chi connectivity index (χ1n) is 2.47. The van der Waals surface area contributed by atoms with Gasteiger partial charge < -0.3 is 0 Å². The molecule has 2 heteroatoms. The smallest absolute Gasteiger partial charge is 0.115 e. The molecule has 1 rings (SSSR count). The van der Waals surface area contributed by atoms with E-state index < -0.39 is 0 Å². The van der Waals surface area contributed by atoms with Gasteiger partial charge in [-0.05, 0) is 19.4 Å². The Morgan fingerprint density at radius 1 is 1.62 bits per heavy atom. The molecule has 0 spiro atoms. The molecule has 0 atom stereocenters. The third kappa shape index (κ3) is 1.03. The van der Waals surface area contributed by atoms with Gasteiger partial charge in [0, 0.05) is 11.9 Å². The summed E-state index contributed by atoms with van der Waals surface area (Å²) in [5, 5.41) is 0. The van der Waals surface area contributed by atoms with Crippen molar-refractivity contribution in [2.75, 3.05) is 0 Å². The van der Waals surface area contributed by atoms with Crippen LogP contribution in [0.5, 0.6) is 0 Å². The maximum Gasteiger partial charge on any atom is 0.115 e. The minimum Gasteiger partial charge on any atom is -0.245 e. The van der Waals surface area contributed by atoms with Crippen LogP contribution in [0.1, 0.15) is 5.69 Å². The average Bonchev–Trinajstić information content (AvgIpc) is 1.90. The van der Waals surface area contributed by atoms with E-state index in [0.29, 0.717) is 0 Å². The third-order valence-electron chi connectivity index (χ3n) is 0.899. The minimum absolute atomic E-state index is 0.739. The van der Waals surface area contributed by atoms with Gasteiger partial charge in [0.05, 0.1) is 0 Å². The molecule has 8 heavy (non-hydrogen) atoms. The average molecular weight is 107 g/mol. The predicted molar refractivity (Wildman–Crippen MR) is 31.1 cm³/mol. The van der Waals surface area contributed by atoms with E-state index in [1.54, 1.807) is 6.20 Å². The molecule has 2 nitrogen and oxygen atoms in total. The molecular formula is C6H7N2. The standard InChI is InChI=1S/C6H7N2/c1-2-6-3-4-7-5-8-6/h3-5H,1-2H2. The number of aromatic nitrogens is 2. The van der Waals surface area contributed by atoms with E-state index in [-0.39, 0.29) is 0 Å².